The molecule has 0 fully saturated rings. The van der Waals surface area contributed by atoms with Gasteiger partial charge in [0.15, 0.2) is 0 Å². The molecule has 74 valence electrons. The number of hydrogen-bond donors (Lipinski definition) is 1. The van der Waals surface area contributed by atoms with Crippen molar-refractivity contribution in [2.75, 3.05) is 20.1 Å². The van der Waals surface area contributed by atoms with Gasteiger partial charge in [0.05, 0.1) is 12.2 Å². The summed E-state index contributed by atoms with van der Waals surface area (Å²) >= 11 is 1.77. The van der Waals surface area contributed by atoms with Gasteiger partial charge in [-0.05, 0) is 20.9 Å². The second kappa shape index (κ2) is 4.69. The van der Waals surface area contributed by atoms with E-state index in [1.807, 2.05) is 0 Å². The molecule has 13 heavy (non-hydrogen) atoms. The lowest BCUT2D eigenvalue weighted by atomic mass is 10.4. The monoisotopic (exact) mass is 199 g/mol. The van der Waals surface area contributed by atoms with E-state index in [1.165, 1.54) is 9.88 Å². The Kier molecular flexibility index (Phi) is 3.84. The lowest BCUT2D eigenvalue weighted by Gasteiger charge is -2.12. The topological polar surface area (TPSA) is 42.2 Å². The number of thiazole rings is 1. The van der Waals surface area contributed by atoms with Crippen LogP contribution in [0.5, 0.6) is 0 Å². The molecule has 2 N–H and O–H groups in total. The van der Waals surface area contributed by atoms with Gasteiger partial charge in [-0.1, -0.05) is 0 Å². The van der Waals surface area contributed by atoms with Gasteiger partial charge < -0.3 is 5.73 Å². The van der Waals surface area contributed by atoms with Gasteiger partial charge in [-0.2, -0.15) is 0 Å². The Balaban J connectivity index is 2.53. The van der Waals surface area contributed by atoms with E-state index < -0.39 is 0 Å². The van der Waals surface area contributed by atoms with Crippen LogP contribution in [0.3, 0.4) is 0 Å². The minimum Gasteiger partial charge on any atom is -0.329 e. The molecule has 0 amide bonds. The highest BCUT2D eigenvalue weighted by Crippen LogP contribution is 2.17. The number of likely N-dealkylation sites (N-methyl/N-ethyl adjacent to an activating group) is 1. The Morgan fingerprint density at radius 1 is 1.46 bits per heavy atom. The van der Waals surface area contributed by atoms with Gasteiger partial charge in [-0.25, -0.2) is 4.98 Å². The first-order chi connectivity index (χ1) is 6.13. The van der Waals surface area contributed by atoms with Crippen molar-refractivity contribution in [2.24, 2.45) is 5.73 Å². The molecule has 1 rings (SSSR count). The van der Waals surface area contributed by atoms with E-state index >= 15 is 0 Å². The van der Waals surface area contributed by atoms with Crippen LogP contribution in [-0.4, -0.2) is 30.0 Å². The first kappa shape index (κ1) is 10.6. The predicted octanol–water partition coefficient (Wildman–Crippen LogP) is 1.15. The number of aromatic nitrogens is 1. The first-order valence-electron chi connectivity index (χ1n) is 4.45. The van der Waals surface area contributed by atoms with Crippen molar-refractivity contribution in [1.82, 2.24) is 9.88 Å². The molecule has 0 radical (unpaired) electrons. The zero-order valence-corrected chi connectivity index (χ0v) is 9.32. The van der Waals surface area contributed by atoms with Gasteiger partial charge in [0.2, 0.25) is 0 Å². The zero-order chi connectivity index (χ0) is 9.84. The Morgan fingerprint density at radius 2 is 2.15 bits per heavy atom. The molecule has 0 bridgehead atoms. The van der Waals surface area contributed by atoms with Crippen molar-refractivity contribution in [3.8, 4) is 0 Å². The molecule has 0 aliphatic heterocycles. The van der Waals surface area contributed by atoms with Crippen molar-refractivity contribution >= 4 is 11.3 Å². The molecule has 0 unspecified atom stereocenters. The third-order valence-electron chi connectivity index (χ3n) is 1.99. The highest BCUT2D eigenvalue weighted by molar-refractivity contribution is 7.11. The summed E-state index contributed by atoms with van der Waals surface area (Å²) in [5.74, 6) is 0. The molecular formula is C9H17N3S. The summed E-state index contributed by atoms with van der Waals surface area (Å²) in [5.41, 5.74) is 6.61. The fraction of sp³-hybridized carbons (Fsp3) is 0.667. The van der Waals surface area contributed by atoms with Crippen molar-refractivity contribution in [2.45, 2.75) is 20.4 Å². The Labute approximate surface area is 83.6 Å². The van der Waals surface area contributed by atoms with Crippen LogP contribution in [0.1, 0.15) is 15.6 Å². The van der Waals surface area contributed by atoms with Crippen LogP contribution in [0.4, 0.5) is 0 Å². The molecule has 0 aliphatic rings. The molecule has 0 saturated carbocycles. The maximum Gasteiger partial charge on any atom is 0.107 e. The lowest BCUT2D eigenvalue weighted by molar-refractivity contribution is 0.335. The molecule has 1 heterocycles. The lowest BCUT2D eigenvalue weighted by Crippen LogP contribution is -2.24. The van der Waals surface area contributed by atoms with Gasteiger partial charge >= 0.3 is 0 Å². The second-order valence-corrected chi connectivity index (χ2v) is 4.56. The first-order valence-corrected chi connectivity index (χ1v) is 5.26. The average Bonchev–Trinajstić information content (AvgIpc) is 2.31. The number of rotatable bonds is 4. The van der Waals surface area contributed by atoms with E-state index in [-0.39, 0.29) is 0 Å². The van der Waals surface area contributed by atoms with Crippen molar-refractivity contribution in [3.05, 3.63) is 15.6 Å². The standard InChI is InChI=1S/C9H17N3S/c1-7-8(2)13-9(11-7)6-12(3)5-4-10/h4-6,10H2,1-3H3. The quantitative estimate of drug-likeness (QED) is 0.791. The van der Waals surface area contributed by atoms with E-state index in [0.717, 1.165) is 18.8 Å². The van der Waals surface area contributed by atoms with Crippen LogP contribution >= 0.6 is 11.3 Å². The molecule has 4 heteroatoms. The Bertz CT molecular complexity index is 250. The van der Waals surface area contributed by atoms with E-state index in [4.69, 9.17) is 5.73 Å². The number of hydrogen-bond acceptors (Lipinski definition) is 4. The SMILES string of the molecule is Cc1nc(CN(C)CCN)sc1C. The summed E-state index contributed by atoms with van der Waals surface area (Å²) in [7, 11) is 2.07. The van der Waals surface area contributed by atoms with Gasteiger partial charge in [-0.3, -0.25) is 4.90 Å². The van der Waals surface area contributed by atoms with Crippen LogP contribution in [0, 0.1) is 13.8 Å². The third kappa shape index (κ3) is 3.06. The normalized spacial score (nSPS) is 11.2. The van der Waals surface area contributed by atoms with Crippen LogP contribution < -0.4 is 5.73 Å². The zero-order valence-electron chi connectivity index (χ0n) is 8.50. The van der Waals surface area contributed by atoms with Gasteiger partial charge in [-0.15, -0.1) is 11.3 Å². The summed E-state index contributed by atoms with van der Waals surface area (Å²) in [6.45, 7) is 6.71. The van der Waals surface area contributed by atoms with Crippen molar-refractivity contribution in [3.63, 3.8) is 0 Å². The maximum atomic E-state index is 5.46. The van der Waals surface area contributed by atoms with Gasteiger partial charge in [0.25, 0.3) is 0 Å². The van der Waals surface area contributed by atoms with E-state index in [1.54, 1.807) is 11.3 Å². The summed E-state index contributed by atoms with van der Waals surface area (Å²) < 4.78 is 0. The van der Waals surface area contributed by atoms with Crippen molar-refractivity contribution < 1.29 is 0 Å². The predicted molar refractivity (Wildman–Crippen MR) is 57.0 cm³/mol. The van der Waals surface area contributed by atoms with Crippen LogP contribution in [0.15, 0.2) is 0 Å². The van der Waals surface area contributed by atoms with Crippen molar-refractivity contribution in [1.29, 1.82) is 0 Å². The smallest absolute Gasteiger partial charge is 0.107 e. The maximum absolute atomic E-state index is 5.46. The molecule has 0 saturated heterocycles. The number of nitrogens with zero attached hydrogens (tertiary/aromatic N) is 2. The molecule has 0 aromatic carbocycles. The molecule has 3 nitrogen and oxygen atoms in total. The van der Waals surface area contributed by atoms with E-state index in [0.29, 0.717) is 6.54 Å². The largest absolute Gasteiger partial charge is 0.329 e. The van der Waals surface area contributed by atoms with E-state index in [9.17, 15) is 0 Å². The Hall–Kier alpha value is -0.450. The molecule has 1 aromatic rings. The molecule has 0 atom stereocenters. The Morgan fingerprint density at radius 3 is 2.62 bits per heavy atom. The van der Waals surface area contributed by atoms with E-state index in [2.05, 4.69) is 30.8 Å². The summed E-state index contributed by atoms with van der Waals surface area (Å²) in [6, 6.07) is 0. The number of nitrogens with two attached hydrogens (primary N) is 1. The molecule has 0 aliphatic carbocycles. The van der Waals surface area contributed by atoms with Gasteiger partial charge in [0, 0.05) is 18.0 Å². The third-order valence-corrected chi connectivity index (χ3v) is 3.05. The summed E-state index contributed by atoms with van der Waals surface area (Å²) in [4.78, 5) is 7.98. The highest BCUT2D eigenvalue weighted by Gasteiger charge is 2.05. The minimum absolute atomic E-state index is 0.708. The van der Waals surface area contributed by atoms with Crippen LogP contribution in [0.25, 0.3) is 0 Å². The summed E-state index contributed by atoms with van der Waals surface area (Å²) in [5, 5.41) is 1.19. The second-order valence-electron chi connectivity index (χ2n) is 3.28. The fourth-order valence-corrected chi connectivity index (χ4v) is 2.15. The minimum atomic E-state index is 0.708. The van der Waals surface area contributed by atoms with Crippen LogP contribution in [-0.2, 0) is 6.54 Å². The average molecular weight is 199 g/mol. The van der Waals surface area contributed by atoms with Gasteiger partial charge in [0.1, 0.15) is 5.01 Å². The highest BCUT2D eigenvalue weighted by atomic mass is 32.1. The molecule has 0 spiro atoms. The molecular weight excluding hydrogens is 182 g/mol. The fourth-order valence-electron chi connectivity index (χ4n) is 1.14. The van der Waals surface area contributed by atoms with Crippen LogP contribution in [0.2, 0.25) is 0 Å². The number of aryl methyl sites for hydroxylation is 2. The molecule has 1 aromatic heterocycles. The summed E-state index contributed by atoms with van der Waals surface area (Å²) in [6.07, 6.45) is 0.